The molecule has 1 rings (SSSR count). The molecule has 7 nitrogen and oxygen atoms in total. The number of hydrogen-bond donors (Lipinski definition) is 2. The third-order valence-corrected chi connectivity index (χ3v) is 4.75. The number of carbonyl (C=O) groups excluding carboxylic acids is 1. The summed E-state index contributed by atoms with van der Waals surface area (Å²) >= 11 is 0. The van der Waals surface area contributed by atoms with Crippen LogP contribution in [-0.4, -0.2) is 75.5 Å². The second kappa shape index (κ2) is 8.45. The van der Waals surface area contributed by atoms with E-state index in [4.69, 9.17) is 9.84 Å². The average Bonchev–Trinajstić information content (AvgIpc) is 2.37. The van der Waals surface area contributed by atoms with Gasteiger partial charge in [0.1, 0.15) is 6.04 Å². The fourth-order valence-electron chi connectivity index (χ4n) is 2.19. The Bertz CT molecular complexity index is 402. The van der Waals surface area contributed by atoms with Gasteiger partial charge in [0.2, 0.25) is 5.91 Å². The van der Waals surface area contributed by atoms with Crippen molar-refractivity contribution in [3.8, 4) is 0 Å². The third kappa shape index (κ3) is 6.54. The summed E-state index contributed by atoms with van der Waals surface area (Å²) in [7, 11) is -1.36. The Balaban J connectivity index is 2.48. The van der Waals surface area contributed by atoms with Crippen molar-refractivity contribution in [1.82, 2.24) is 10.2 Å². The molecule has 1 heterocycles. The van der Waals surface area contributed by atoms with Gasteiger partial charge in [-0.15, -0.1) is 0 Å². The summed E-state index contributed by atoms with van der Waals surface area (Å²) in [6.45, 7) is 7.57. The normalized spacial score (nSPS) is 22.8. The van der Waals surface area contributed by atoms with E-state index in [9.17, 15) is 13.8 Å². The number of carboxylic acids is 1. The summed E-state index contributed by atoms with van der Waals surface area (Å²) in [6, 6.07) is -0.718. The quantitative estimate of drug-likeness (QED) is 0.652. The average molecular weight is 320 g/mol. The number of nitrogens with zero attached hydrogens (tertiary/aromatic N) is 1. The lowest BCUT2D eigenvalue weighted by Crippen LogP contribution is -2.49. The fraction of sp³-hybridized carbons (Fsp3) is 0.846. The van der Waals surface area contributed by atoms with Crippen molar-refractivity contribution in [3.05, 3.63) is 0 Å². The highest BCUT2D eigenvalue weighted by atomic mass is 32.2. The van der Waals surface area contributed by atoms with E-state index < -0.39 is 28.7 Å². The molecule has 0 aromatic heterocycles. The van der Waals surface area contributed by atoms with Gasteiger partial charge in [-0.3, -0.25) is 13.9 Å². The topological polar surface area (TPSA) is 95.9 Å². The Morgan fingerprint density at radius 3 is 2.67 bits per heavy atom. The Hall–Kier alpha value is -0.990. The molecule has 122 valence electrons. The molecule has 1 aliphatic rings. The van der Waals surface area contributed by atoms with Gasteiger partial charge < -0.3 is 15.2 Å². The molecule has 2 unspecified atom stereocenters. The summed E-state index contributed by atoms with van der Waals surface area (Å²) in [5, 5.41) is 11.3. The number of morpholine rings is 1. The smallest absolute Gasteiger partial charge is 0.327 e. The molecule has 0 spiro atoms. The molecule has 1 amide bonds. The standard InChI is InChI=1S/C13H24N2O5S/c1-9(2)15-4-5-20-11(6-15)7-21(19)8-12(13(17)18)14-10(3)16/h9,11-12H,4-8H2,1-3H3,(H,14,16)(H,17,18)/t11?,12-,21?/m0/s1. The van der Waals surface area contributed by atoms with Crippen LogP contribution in [0.3, 0.4) is 0 Å². The van der Waals surface area contributed by atoms with Crippen LogP contribution in [0.2, 0.25) is 0 Å². The Labute approximate surface area is 127 Å². The van der Waals surface area contributed by atoms with E-state index in [-0.39, 0.29) is 17.6 Å². The maximum atomic E-state index is 12.1. The zero-order chi connectivity index (χ0) is 16.0. The molecule has 21 heavy (non-hydrogen) atoms. The molecule has 1 saturated heterocycles. The summed E-state index contributed by atoms with van der Waals surface area (Å²) < 4.78 is 17.7. The largest absolute Gasteiger partial charge is 0.480 e. The molecule has 2 N–H and O–H groups in total. The SMILES string of the molecule is CC(=O)N[C@@H](CS(=O)CC1CN(C(C)C)CCO1)C(=O)O. The van der Waals surface area contributed by atoms with Gasteiger partial charge in [0.25, 0.3) is 0 Å². The second-order valence-electron chi connectivity index (χ2n) is 5.45. The van der Waals surface area contributed by atoms with Gasteiger partial charge in [-0.1, -0.05) is 0 Å². The Kier molecular flexibility index (Phi) is 7.27. The predicted molar refractivity (Wildman–Crippen MR) is 79.6 cm³/mol. The van der Waals surface area contributed by atoms with Gasteiger partial charge in [-0.25, -0.2) is 4.79 Å². The number of hydrogen-bond acceptors (Lipinski definition) is 5. The number of carbonyl (C=O) groups is 2. The van der Waals surface area contributed by atoms with Crippen LogP contribution in [0, 0.1) is 0 Å². The molecule has 0 radical (unpaired) electrons. The predicted octanol–water partition coefficient (Wildman–Crippen LogP) is -0.566. The van der Waals surface area contributed by atoms with E-state index in [1.807, 2.05) is 0 Å². The first-order valence-electron chi connectivity index (χ1n) is 7.00. The van der Waals surface area contributed by atoms with Gasteiger partial charge in [0.15, 0.2) is 0 Å². The van der Waals surface area contributed by atoms with Crippen molar-refractivity contribution >= 4 is 22.7 Å². The van der Waals surface area contributed by atoms with Crippen LogP contribution in [0.5, 0.6) is 0 Å². The fourth-order valence-corrected chi connectivity index (χ4v) is 3.54. The molecular weight excluding hydrogens is 296 g/mol. The highest BCUT2D eigenvalue weighted by Crippen LogP contribution is 2.10. The lowest BCUT2D eigenvalue weighted by Gasteiger charge is -2.35. The molecule has 0 aliphatic carbocycles. The van der Waals surface area contributed by atoms with Gasteiger partial charge >= 0.3 is 5.97 Å². The van der Waals surface area contributed by atoms with Crippen LogP contribution in [0.4, 0.5) is 0 Å². The summed E-state index contributed by atoms with van der Waals surface area (Å²) in [4.78, 5) is 24.2. The second-order valence-corrected chi connectivity index (χ2v) is 6.99. The number of carboxylic acid groups (broad SMARTS) is 1. The highest BCUT2D eigenvalue weighted by molar-refractivity contribution is 7.85. The van der Waals surface area contributed by atoms with E-state index in [1.165, 1.54) is 6.92 Å². The van der Waals surface area contributed by atoms with Gasteiger partial charge in [-0.2, -0.15) is 0 Å². The van der Waals surface area contributed by atoms with E-state index in [1.54, 1.807) is 0 Å². The molecular formula is C13H24N2O5S. The van der Waals surface area contributed by atoms with Crippen LogP contribution < -0.4 is 5.32 Å². The summed E-state index contributed by atoms with van der Waals surface area (Å²) in [5.41, 5.74) is 0. The summed E-state index contributed by atoms with van der Waals surface area (Å²) in [6.07, 6.45) is -0.159. The number of ether oxygens (including phenoxy) is 1. The van der Waals surface area contributed by atoms with Gasteiger partial charge in [0.05, 0.1) is 24.2 Å². The van der Waals surface area contributed by atoms with Crippen molar-refractivity contribution < 1.29 is 23.6 Å². The molecule has 0 bridgehead atoms. The van der Waals surface area contributed by atoms with Gasteiger partial charge in [-0.05, 0) is 13.8 Å². The van der Waals surface area contributed by atoms with Crippen LogP contribution in [0.25, 0.3) is 0 Å². The first kappa shape index (κ1) is 18.1. The zero-order valence-corrected chi connectivity index (χ0v) is 13.5. The highest BCUT2D eigenvalue weighted by Gasteiger charge is 2.26. The van der Waals surface area contributed by atoms with Crippen molar-refractivity contribution in [2.45, 2.75) is 39.0 Å². The first-order valence-corrected chi connectivity index (χ1v) is 8.49. The van der Waals surface area contributed by atoms with Crippen LogP contribution in [0.1, 0.15) is 20.8 Å². The van der Waals surface area contributed by atoms with Crippen molar-refractivity contribution in [2.75, 3.05) is 31.2 Å². The molecule has 8 heteroatoms. The molecule has 1 aliphatic heterocycles. The molecule has 0 aromatic carbocycles. The number of aliphatic carboxylic acids is 1. The molecule has 0 saturated carbocycles. The minimum Gasteiger partial charge on any atom is -0.480 e. The third-order valence-electron chi connectivity index (χ3n) is 3.30. The van der Waals surface area contributed by atoms with E-state index in [0.717, 1.165) is 6.54 Å². The van der Waals surface area contributed by atoms with Crippen molar-refractivity contribution in [2.24, 2.45) is 0 Å². The minimum absolute atomic E-state index is 0.101. The lowest BCUT2D eigenvalue weighted by molar-refractivity contribution is -0.140. The van der Waals surface area contributed by atoms with Gasteiger partial charge in [0, 0.05) is 36.9 Å². The van der Waals surface area contributed by atoms with Crippen molar-refractivity contribution in [3.63, 3.8) is 0 Å². The Morgan fingerprint density at radius 1 is 1.48 bits per heavy atom. The summed E-state index contributed by atoms with van der Waals surface area (Å²) in [5.74, 6) is -1.44. The van der Waals surface area contributed by atoms with E-state index >= 15 is 0 Å². The van der Waals surface area contributed by atoms with Crippen LogP contribution in [0.15, 0.2) is 0 Å². The molecule has 1 fully saturated rings. The minimum atomic E-state index is -1.36. The number of amides is 1. The van der Waals surface area contributed by atoms with Crippen LogP contribution in [-0.2, 0) is 25.1 Å². The molecule has 3 atom stereocenters. The van der Waals surface area contributed by atoms with Crippen LogP contribution >= 0.6 is 0 Å². The number of rotatable bonds is 7. The monoisotopic (exact) mass is 320 g/mol. The zero-order valence-electron chi connectivity index (χ0n) is 12.7. The van der Waals surface area contributed by atoms with Crippen molar-refractivity contribution in [1.29, 1.82) is 0 Å². The first-order chi connectivity index (χ1) is 9.79. The van der Waals surface area contributed by atoms with E-state index in [2.05, 4.69) is 24.1 Å². The van der Waals surface area contributed by atoms with E-state index in [0.29, 0.717) is 19.2 Å². The molecule has 0 aromatic rings. The maximum absolute atomic E-state index is 12.1. The lowest BCUT2D eigenvalue weighted by atomic mass is 10.2. The Morgan fingerprint density at radius 2 is 2.14 bits per heavy atom. The number of nitrogens with one attached hydrogen (secondary N) is 1. The maximum Gasteiger partial charge on any atom is 0.327 e.